The second kappa shape index (κ2) is 6.60. The molecule has 1 atom stereocenters. The van der Waals surface area contributed by atoms with Crippen molar-refractivity contribution in [2.75, 3.05) is 18.4 Å². The zero-order chi connectivity index (χ0) is 15.5. The number of carbonyl (C=O) groups is 1. The summed E-state index contributed by atoms with van der Waals surface area (Å²) in [6.07, 6.45) is 5.03. The van der Waals surface area contributed by atoms with Gasteiger partial charge in [0.2, 0.25) is 0 Å². The molecule has 1 saturated heterocycles. The standard InChI is InChI=1S/C14H21BrN4O2/c1-14(2,3)21-13(20)19-6-4-5-10(19)7-17-12-9-16-11(15)8-18-12/h8-10H,4-7H2,1-3H3,(H,17,18)/t10-/m0/s1. The Morgan fingerprint density at radius 2 is 2.24 bits per heavy atom. The third-order valence-corrected chi connectivity index (χ3v) is 3.55. The largest absolute Gasteiger partial charge is 0.444 e. The van der Waals surface area contributed by atoms with Gasteiger partial charge in [-0.1, -0.05) is 0 Å². The highest BCUT2D eigenvalue weighted by Crippen LogP contribution is 2.21. The third-order valence-electron chi connectivity index (χ3n) is 3.14. The Morgan fingerprint density at radius 1 is 1.48 bits per heavy atom. The molecule has 0 bridgehead atoms. The number of likely N-dealkylation sites (tertiary alicyclic amines) is 1. The molecule has 0 spiro atoms. The number of amides is 1. The number of hydrogen-bond acceptors (Lipinski definition) is 5. The quantitative estimate of drug-likeness (QED) is 0.901. The molecule has 2 heterocycles. The number of hydrogen-bond donors (Lipinski definition) is 1. The van der Waals surface area contributed by atoms with E-state index in [4.69, 9.17) is 4.74 Å². The van der Waals surface area contributed by atoms with E-state index in [1.54, 1.807) is 17.3 Å². The van der Waals surface area contributed by atoms with Gasteiger partial charge in [0, 0.05) is 13.1 Å². The molecular formula is C14H21BrN4O2. The van der Waals surface area contributed by atoms with Crippen LogP contribution in [-0.4, -0.2) is 45.7 Å². The van der Waals surface area contributed by atoms with Crippen LogP contribution >= 0.6 is 15.9 Å². The summed E-state index contributed by atoms with van der Waals surface area (Å²) in [6.45, 7) is 7.03. The second-order valence-electron chi connectivity index (χ2n) is 6.08. The van der Waals surface area contributed by atoms with E-state index in [9.17, 15) is 4.79 Å². The summed E-state index contributed by atoms with van der Waals surface area (Å²) in [4.78, 5) is 22.3. The molecule has 1 amide bonds. The summed E-state index contributed by atoms with van der Waals surface area (Å²) in [5.74, 6) is 0.703. The molecule has 2 rings (SSSR count). The lowest BCUT2D eigenvalue weighted by atomic mass is 10.2. The summed E-state index contributed by atoms with van der Waals surface area (Å²) in [5, 5.41) is 3.22. The molecule has 1 aromatic heterocycles. The lowest BCUT2D eigenvalue weighted by Gasteiger charge is -2.28. The second-order valence-corrected chi connectivity index (χ2v) is 6.89. The molecule has 1 fully saturated rings. The van der Waals surface area contributed by atoms with E-state index in [1.165, 1.54) is 0 Å². The molecule has 1 aliphatic heterocycles. The molecule has 21 heavy (non-hydrogen) atoms. The Morgan fingerprint density at radius 3 is 2.86 bits per heavy atom. The van der Waals surface area contributed by atoms with E-state index in [2.05, 4.69) is 31.2 Å². The Labute approximate surface area is 133 Å². The highest BCUT2D eigenvalue weighted by molar-refractivity contribution is 9.10. The molecule has 7 heteroatoms. The first-order valence-corrected chi connectivity index (χ1v) is 7.85. The number of nitrogens with one attached hydrogen (secondary N) is 1. The summed E-state index contributed by atoms with van der Waals surface area (Å²) in [6, 6.07) is 0.130. The van der Waals surface area contributed by atoms with Gasteiger partial charge in [-0.2, -0.15) is 0 Å². The van der Waals surface area contributed by atoms with Gasteiger partial charge in [0.15, 0.2) is 0 Å². The number of rotatable bonds is 3. The van der Waals surface area contributed by atoms with Crippen LogP contribution < -0.4 is 5.32 Å². The molecule has 1 N–H and O–H groups in total. The SMILES string of the molecule is CC(C)(C)OC(=O)N1CCC[C@H]1CNc1cnc(Br)cn1. The predicted octanol–water partition coefficient (Wildman–Crippen LogP) is 3.05. The van der Waals surface area contributed by atoms with E-state index < -0.39 is 5.60 Å². The molecule has 0 aromatic carbocycles. The molecule has 1 aliphatic rings. The maximum atomic E-state index is 12.2. The number of carbonyl (C=O) groups excluding carboxylic acids is 1. The number of anilines is 1. The summed E-state index contributed by atoms with van der Waals surface area (Å²) >= 11 is 3.25. The zero-order valence-corrected chi connectivity index (χ0v) is 14.2. The van der Waals surface area contributed by atoms with Crippen LogP contribution in [0.4, 0.5) is 10.6 Å². The zero-order valence-electron chi connectivity index (χ0n) is 12.6. The van der Waals surface area contributed by atoms with Crippen molar-refractivity contribution < 1.29 is 9.53 Å². The van der Waals surface area contributed by atoms with Crippen molar-refractivity contribution in [3.63, 3.8) is 0 Å². The van der Waals surface area contributed by atoms with Crippen molar-refractivity contribution in [2.24, 2.45) is 0 Å². The molecule has 0 aliphatic carbocycles. The van der Waals surface area contributed by atoms with Gasteiger partial charge in [0.05, 0.1) is 18.4 Å². The highest BCUT2D eigenvalue weighted by Gasteiger charge is 2.31. The van der Waals surface area contributed by atoms with Crippen LogP contribution in [0.2, 0.25) is 0 Å². The van der Waals surface area contributed by atoms with Gasteiger partial charge in [0.25, 0.3) is 0 Å². The van der Waals surface area contributed by atoms with E-state index in [-0.39, 0.29) is 12.1 Å². The topological polar surface area (TPSA) is 67.3 Å². The van der Waals surface area contributed by atoms with Gasteiger partial charge in [-0.25, -0.2) is 14.8 Å². The minimum atomic E-state index is -0.463. The molecule has 0 unspecified atom stereocenters. The maximum Gasteiger partial charge on any atom is 0.410 e. The van der Waals surface area contributed by atoms with Gasteiger partial charge < -0.3 is 15.0 Å². The van der Waals surface area contributed by atoms with Crippen LogP contribution in [-0.2, 0) is 4.74 Å². The first-order valence-electron chi connectivity index (χ1n) is 7.06. The van der Waals surface area contributed by atoms with Crippen molar-refractivity contribution in [3.8, 4) is 0 Å². The van der Waals surface area contributed by atoms with Crippen LogP contribution in [0.5, 0.6) is 0 Å². The predicted molar refractivity (Wildman–Crippen MR) is 84.2 cm³/mol. The van der Waals surface area contributed by atoms with E-state index in [0.717, 1.165) is 19.4 Å². The monoisotopic (exact) mass is 356 g/mol. The van der Waals surface area contributed by atoms with Crippen molar-refractivity contribution >= 4 is 27.8 Å². The molecule has 0 saturated carbocycles. The van der Waals surface area contributed by atoms with Crippen molar-refractivity contribution in [1.82, 2.24) is 14.9 Å². The fraction of sp³-hybridized carbons (Fsp3) is 0.643. The van der Waals surface area contributed by atoms with E-state index in [0.29, 0.717) is 17.0 Å². The van der Waals surface area contributed by atoms with Crippen LogP contribution in [0.3, 0.4) is 0 Å². The average molecular weight is 357 g/mol. The Bertz CT molecular complexity index is 487. The molecular weight excluding hydrogens is 336 g/mol. The van der Waals surface area contributed by atoms with Gasteiger partial charge in [-0.05, 0) is 49.5 Å². The molecule has 116 valence electrons. The maximum absolute atomic E-state index is 12.2. The normalized spacial score (nSPS) is 18.7. The summed E-state index contributed by atoms with van der Waals surface area (Å²) in [7, 11) is 0. The van der Waals surface area contributed by atoms with Crippen LogP contribution in [0.15, 0.2) is 17.0 Å². The van der Waals surface area contributed by atoms with Crippen molar-refractivity contribution in [2.45, 2.75) is 45.3 Å². The smallest absolute Gasteiger partial charge is 0.410 e. The highest BCUT2D eigenvalue weighted by atomic mass is 79.9. The number of aromatic nitrogens is 2. The van der Waals surface area contributed by atoms with Crippen LogP contribution in [0.25, 0.3) is 0 Å². The van der Waals surface area contributed by atoms with Gasteiger partial charge in [-0.3, -0.25) is 0 Å². The number of nitrogens with zero attached hydrogens (tertiary/aromatic N) is 3. The minimum absolute atomic E-state index is 0.130. The van der Waals surface area contributed by atoms with Crippen molar-refractivity contribution in [1.29, 1.82) is 0 Å². The summed E-state index contributed by atoms with van der Waals surface area (Å²) in [5.41, 5.74) is -0.463. The molecule has 6 nitrogen and oxygen atoms in total. The van der Waals surface area contributed by atoms with Gasteiger partial charge in [-0.15, -0.1) is 0 Å². The molecule has 1 aromatic rings. The van der Waals surface area contributed by atoms with Gasteiger partial charge >= 0.3 is 6.09 Å². The average Bonchev–Trinajstić information content (AvgIpc) is 2.84. The Balaban J connectivity index is 1.90. The fourth-order valence-electron chi connectivity index (χ4n) is 2.23. The fourth-order valence-corrected chi connectivity index (χ4v) is 2.44. The third kappa shape index (κ3) is 4.84. The minimum Gasteiger partial charge on any atom is -0.444 e. The van der Waals surface area contributed by atoms with E-state index >= 15 is 0 Å². The summed E-state index contributed by atoms with van der Waals surface area (Å²) < 4.78 is 6.14. The van der Waals surface area contributed by atoms with Crippen molar-refractivity contribution in [3.05, 3.63) is 17.0 Å². The first kappa shape index (κ1) is 16.0. The van der Waals surface area contributed by atoms with Crippen LogP contribution in [0.1, 0.15) is 33.6 Å². The Hall–Kier alpha value is -1.37. The van der Waals surface area contributed by atoms with Gasteiger partial charge in [0.1, 0.15) is 16.0 Å². The first-order chi connectivity index (χ1) is 9.85. The number of ether oxygens (including phenoxy) is 1. The molecule has 0 radical (unpaired) electrons. The lowest BCUT2D eigenvalue weighted by molar-refractivity contribution is 0.0235. The number of halogens is 1. The Kier molecular flexibility index (Phi) is 5.03. The van der Waals surface area contributed by atoms with Crippen LogP contribution in [0, 0.1) is 0 Å². The lowest BCUT2D eigenvalue weighted by Crippen LogP contribution is -2.42. The van der Waals surface area contributed by atoms with E-state index in [1.807, 2.05) is 20.8 Å².